The summed E-state index contributed by atoms with van der Waals surface area (Å²) in [5.41, 5.74) is 2.19. The molecule has 3 rings (SSSR count). The average molecular weight is 375 g/mol. The number of nitrogens with zero attached hydrogens (tertiary/aromatic N) is 1. The molecule has 0 unspecified atom stereocenters. The van der Waals surface area contributed by atoms with Crippen LogP contribution in [0.2, 0.25) is 0 Å². The third-order valence-corrected chi connectivity index (χ3v) is 6.07. The van der Waals surface area contributed by atoms with Crippen molar-refractivity contribution in [3.8, 4) is 0 Å². The molecule has 1 heterocycles. The Morgan fingerprint density at radius 1 is 1.12 bits per heavy atom. The van der Waals surface area contributed by atoms with Crippen molar-refractivity contribution in [3.05, 3.63) is 65.7 Å². The van der Waals surface area contributed by atoms with Crippen LogP contribution in [0, 0.1) is 12.8 Å². The number of likely N-dealkylation sites (tertiary alicyclic amines) is 1. The lowest BCUT2D eigenvalue weighted by Gasteiger charge is -2.35. The molecular formula is C20H25NO4S. The standard InChI is InChI=1S/C20H25NO4S/c1-16-7-9-19(10-8-16)26(23,24)25-15-18-14-21(12-11-20(18)22)13-17-5-3-2-4-6-17/h2-10,18,20,22H,11-15H2,1H3/t18-,20+/m0/s1. The fourth-order valence-corrected chi connectivity index (χ4v) is 4.15. The van der Waals surface area contributed by atoms with Crippen LogP contribution in [0.5, 0.6) is 0 Å². The van der Waals surface area contributed by atoms with Crippen LogP contribution >= 0.6 is 0 Å². The van der Waals surface area contributed by atoms with Gasteiger partial charge in [-0.15, -0.1) is 0 Å². The highest BCUT2D eigenvalue weighted by atomic mass is 32.2. The van der Waals surface area contributed by atoms with E-state index in [4.69, 9.17) is 4.18 Å². The van der Waals surface area contributed by atoms with E-state index in [1.165, 1.54) is 5.56 Å². The maximum absolute atomic E-state index is 12.3. The highest BCUT2D eigenvalue weighted by Gasteiger charge is 2.30. The Morgan fingerprint density at radius 3 is 2.50 bits per heavy atom. The first kappa shape index (κ1) is 19.0. The molecule has 0 radical (unpaired) electrons. The molecule has 1 aliphatic heterocycles. The van der Waals surface area contributed by atoms with Crippen LogP contribution in [-0.2, 0) is 20.8 Å². The highest BCUT2D eigenvalue weighted by Crippen LogP contribution is 2.22. The SMILES string of the molecule is Cc1ccc(S(=O)(=O)OC[C@@H]2CN(Cc3ccccc3)CC[C@H]2O)cc1. The monoisotopic (exact) mass is 375 g/mol. The summed E-state index contributed by atoms with van der Waals surface area (Å²) in [6.45, 7) is 4.07. The second-order valence-electron chi connectivity index (χ2n) is 6.89. The molecule has 140 valence electrons. The van der Waals surface area contributed by atoms with Crippen LogP contribution in [0.3, 0.4) is 0 Å². The molecule has 0 aromatic heterocycles. The van der Waals surface area contributed by atoms with Crippen molar-refractivity contribution >= 4 is 10.1 Å². The zero-order valence-electron chi connectivity index (χ0n) is 14.9. The van der Waals surface area contributed by atoms with Gasteiger partial charge >= 0.3 is 0 Å². The van der Waals surface area contributed by atoms with E-state index in [1.807, 2.05) is 25.1 Å². The Bertz CT molecular complexity index is 805. The Labute approximate surface area is 155 Å². The Kier molecular flexibility index (Phi) is 6.09. The van der Waals surface area contributed by atoms with Crippen LogP contribution in [0.25, 0.3) is 0 Å². The average Bonchev–Trinajstić information content (AvgIpc) is 2.63. The predicted octanol–water partition coefficient (Wildman–Crippen LogP) is 2.58. The number of benzene rings is 2. The molecule has 2 aromatic rings. The van der Waals surface area contributed by atoms with Gasteiger partial charge in [-0.2, -0.15) is 8.42 Å². The van der Waals surface area contributed by atoms with Crippen molar-refractivity contribution in [1.82, 2.24) is 4.90 Å². The summed E-state index contributed by atoms with van der Waals surface area (Å²) in [7, 11) is -3.81. The highest BCUT2D eigenvalue weighted by molar-refractivity contribution is 7.86. The van der Waals surface area contributed by atoms with Crippen LogP contribution in [-0.4, -0.2) is 44.2 Å². The Balaban J connectivity index is 1.60. The molecule has 26 heavy (non-hydrogen) atoms. The number of hydrogen-bond donors (Lipinski definition) is 1. The summed E-state index contributed by atoms with van der Waals surface area (Å²) >= 11 is 0. The third kappa shape index (κ3) is 4.92. The second-order valence-corrected chi connectivity index (χ2v) is 8.50. The van der Waals surface area contributed by atoms with E-state index in [-0.39, 0.29) is 17.4 Å². The van der Waals surface area contributed by atoms with Crippen molar-refractivity contribution in [2.45, 2.75) is 30.9 Å². The van der Waals surface area contributed by atoms with Crippen LogP contribution < -0.4 is 0 Å². The number of aliphatic hydroxyl groups is 1. The van der Waals surface area contributed by atoms with Gasteiger partial charge in [-0.05, 0) is 31.0 Å². The molecule has 0 spiro atoms. The summed E-state index contributed by atoms with van der Waals surface area (Å²) in [6, 6.07) is 16.7. The maximum atomic E-state index is 12.3. The third-order valence-electron chi connectivity index (χ3n) is 4.77. The topological polar surface area (TPSA) is 66.8 Å². The maximum Gasteiger partial charge on any atom is 0.296 e. The summed E-state index contributed by atoms with van der Waals surface area (Å²) in [6.07, 6.45) is 0.0704. The summed E-state index contributed by atoms with van der Waals surface area (Å²) in [5, 5.41) is 10.3. The molecule has 2 aromatic carbocycles. The Morgan fingerprint density at radius 2 is 1.81 bits per heavy atom. The number of hydrogen-bond acceptors (Lipinski definition) is 5. The number of rotatable bonds is 6. The van der Waals surface area contributed by atoms with Gasteiger partial charge in [0.05, 0.1) is 17.6 Å². The molecule has 1 fully saturated rings. The van der Waals surface area contributed by atoms with Gasteiger partial charge in [-0.1, -0.05) is 48.0 Å². The van der Waals surface area contributed by atoms with Gasteiger partial charge < -0.3 is 5.11 Å². The zero-order chi connectivity index (χ0) is 18.6. The summed E-state index contributed by atoms with van der Waals surface area (Å²) in [5.74, 6) is -0.229. The van der Waals surface area contributed by atoms with E-state index < -0.39 is 16.2 Å². The minimum absolute atomic E-state index is 0.0112. The lowest BCUT2D eigenvalue weighted by Crippen LogP contribution is -2.44. The van der Waals surface area contributed by atoms with Gasteiger partial charge in [0.25, 0.3) is 10.1 Å². The molecule has 0 amide bonds. The zero-order valence-corrected chi connectivity index (χ0v) is 15.7. The van der Waals surface area contributed by atoms with Gasteiger partial charge in [0.1, 0.15) is 0 Å². The van der Waals surface area contributed by atoms with Gasteiger partial charge in [0.2, 0.25) is 0 Å². The molecule has 1 N–H and O–H groups in total. The molecule has 0 saturated carbocycles. The molecule has 1 saturated heterocycles. The van der Waals surface area contributed by atoms with Crippen LogP contribution in [0.15, 0.2) is 59.5 Å². The molecule has 6 heteroatoms. The number of aryl methyl sites for hydroxylation is 1. The largest absolute Gasteiger partial charge is 0.393 e. The minimum Gasteiger partial charge on any atom is -0.393 e. The van der Waals surface area contributed by atoms with Crippen molar-refractivity contribution < 1.29 is 17.7 Å². The lowest BCUT2D eigenvalue weighted by atomic mass is 9.95. The van der Waals surface area contributed by atoms with Gasteiger partial charge in [0.15, 0.2) is 0 Å². The van der Waals surface area contributed by atoms with Crippen LogP contribution in [0.4, 0.5) is 0 Å². The van der Waals surface area contributed by atoms with Crippen LogP contribution in [0.1, 0.15) is 17.5 Å². The number of aliphatic hydroxyl groups excluding tert-OH is 1. The van der Waals surface area contributed by atoms with E-state index in [2.05, 4.69) is 17.0 Å². The first-order valence-electron chi connectivity index (χ1n) is 8.84. The molecule has 5 nitrogen and oxygen atoms in total. The van der Waals surface area contributed by atoms with E-state index in [1.54, 1.807) is 24.3 Å². The second kappa shape index (κ2) is 8.31. The summed E-state index contributed by atoms with van der Waals surface area (Å²) in [4.78, 5) is 2.38. The molecular weight excluding hydrogens is 350 g/mol. The summed E-state index contributed by atoms with van der Waals surface area (Å²) < 4.78 is 29.9. The first-order chi connectivity index (χ1) is 12.4. The normalized spacial score (nSPS) is 21.6. The quantitative estimate of drug-likeness (QED) is 0.786. The Hall–Kier alpha value is -1.73. The van der Waals surface area contributed by atoms with Crippen molar-refractivity contribution in [3.63, 3.8) is 0 Å². The van der Waals surface area contributed by atoms with E-state index in [0.717, 1.165) is 18.7 Å². The van der Waals surface area contributed by atoms with Gasteiger partial charge in [0, 0.05) is 25.6 Å². The first-order valence-corrected chi connectivity index (χ1v) is 10.3. The number of piperidine rings is 1. The molecule has 0 aliphatic carbocycles. The van der Waals surface area contributed by atoms with E-state index in [9.17, 15) is 13.5 Å². The lowest BCUT2D eigenvalue weighted by molar-refractivity contribution is 0.00406. The fraction of sp³-hybridized carbons (Fsp3) is 0.400. The fourth-order valence-electron chi connectivity index (χ4n) is 3.19. The smallest absolute Gasteiger partial charge is 0.296 e. The van der Waals surface area contributed by atoms with Crippen molar-refractivity contribution in [2.24, 2.45) is 5.92 Å². The van der Waals surface area contributed by atoms with Gasteiger partial charge in [-0.25, -0.2) is 0 Å². The van der Waals surface area contributed by atoms with Crippen molar-refractivity contribution in [2.75, 3.05) is 19.7 Å². The molecule has 1 aliphatic rings. The predicted molar refractivity (Wildman–Crippen MR) is 100 cm³/mol. The minimum atomic E-state index is -3.81. The molecule has 0 bridgehead atoms. The van der Waals surface area contributed by atoms with E-state index >= 15 is 0 Å². The van der Waals surface area contributed by atoms with Gasteiger partial charge in [-0.3, -0.25) is 9.08 Å². The van der Waals surface area contributed by atoms with Crippen molar-refractivity contribution in [1.29, 1.82) is 0 Å². The van der Waals surface area contributed by atoms with E-state index in [0.29, 0.717) is 13.0 Å². The molecule has 2 atom stereocenters.